The van der Waals surface area contributed by atoms with Crippen molar-refractivity contribution >= 4 is 46.4 Å². The van der Waals surface area contributed by atoms with Gasteiger partial charge in [0.2, 0.25) is 0 Å². The number of anilines is 1. The SMILES string of the molecule is O=C(c1ccccc1)c1cc[n+](-c2[nH]c(=O)sc2/C=N\NC(=S)Nc2ccccc2)cc1. The number of rotatable bonds is 6. The number of H-pyrrole nitrogens is 1. The number of hydrogen-bond acceptors (Lipinski definition) is 5. The number of thiocarbonyl (C=S) groups is 1. The van der Waals surface area contributed by atoms with E-state index in [9.17, 15) is 9.59 Å². The summed E-state index contributed by atoms with van der Waals surface area (Å²) in [5.41, 5.74) is 4.75. The molecule has 0 saturated heterocycles. The van der Waals surface area contributed by atoms with Crippen molar-refractivity contribution in [3.8, 4) is 5.82 Å². The average molecular weight is 461 g/mol. The van der Waals surface area contributed by atoms with E-state index in [1.54, 1.807) is 41.2 Å². The van der Waals surface area contributed by atoms with E-state index >= 15 is 0 Å². The normalized spacial score (nSPS) is 10.8. The van der Waals surface area contributed by atoms with Gasteiger partial charge in [0.1, 0.15) is 4.88 Å². The van der Waals surface area contributed by atoms with Crippen LogP contribution < -0.4 is 20.2 Å². The number of nitrogens with zero attached hydrogens (tertiary/aromatic N) is 2. The van der Waals surface area contributed by atoms with Crippen LogP contribution >= 0.6 is 23.6 Å². The molecule has 0 fully saturated rings. The van der Waals surface area contributed by atoms with Gasteiger partial charge in [-0.2, -0.15) is 10.1 Å². The Morgan fingerprint density at radius 2 is 1.59 bits per heavy atom. The molecule has 0 saturated carbocycles. The van der Waals surface area contributed by atoms with Crippen molar-refractivity contribution in [2.24, 2.45) is 5.10 Å². The largest absolute Gasteiger partial charge is 0.390 e. The smallest absolute Gasteiger partial charge is 0.331 e. The number of aromatic nitrogens is 2. The summed E-state index contributed by atoms with van der Waals surface area (Å²) >= 11 is 6.24. The molecule has 4 aromatic rings. The lowest BCUT2D eigenvalue weighted by molar-refractivity contribution is -0.599. The van der Waals surface area contributed by atoms with Gasteiger partial charge in [-0.25, -0.2) is 9.36 Å². The molecule has 0 unspecified atom stereocenters. The number of aromatic amines is 1. The van der Waals surface area contributed by atoms with E-state index in [4.69, 9.17) is 12.2 Å². The van der Waals surface area contributed by atoms with Gasteiger partial charge in [-0.05, 0) is 47.8 Å². The van der Waals surface area contributed by atoms with Crippen molar-refractivity contribution in [3.63, 3.8) is 0 Å². The molecule has 0 bridgehead atoms. The molecule has 2 aromatic heterocycles. The number of benzene rings is 2. The highest BCUT2D eigenvalue weighted by molar-refractivity contribution is 7.80. The molecule has 2 heterocycles. The summed E-state index contributed by atoms with van der Waals surface area (Å²) in [6, 6.07) is 22.0. The lowest BCUT2D eigenvalue weighted by Crippen LogP contribution is -2.32. The maximum atomic E-state index is 12.6. The van der Waals surface area contributed by atoms with Crippen molar-refractivity contribution in [3.05, 3.63) is 111 Å². The molecule has 0 aliphatic heterocycles. The number of ketones is 1. The highest BCUT2D eigenvalue weighted by Gasteiger charge is 2.17. The highest BCUT2D eigenvalue weighted by atomic mass is 32.1. The first-order chi connectivity index (χ1) is 15.6. The minimum absolute atomic E-state index is 0.0676. The molecule has 158 valence electrons. The molecular weight excluding hydrogens is 442 g/mol. The maximum absolute atomic E-state index is 12.6. The zero-order valence-corrected chi connectivity index (χ0v) is 18.3. The summed E-state index contributed by atoms with van der Waals surface area (Å²) in [7, 11) is 0. The van der Waals surface area contributed by atoms with Gasteiger partial charge in [-0.15, -0.1) is 0 Å². The van der Waals surface area contributed by atoms with E-state index < -0.39 is 0 Å². The lowest BCUT2D eigenvalue weighted by Gasteiger charge is -2.05. The van der Waals surface area contributed by atoms with E-state index in [1.807, 2.05) is 48.5 Å². The Morgan fingerprint density at radius 3 is 2.28 bits per heavy atom. The monoisotopic (exact) mass is 460 g/mol. The van der Waals surface area contributed by atoms with Crippen LogP contribution in [0.25, 0.3) is 5.82 Å². The molecule has 0 spiro atoms. The van der Waals surface area contributed by atoms with Crippen molar-refractivity contribution in [2.75, 3.05) is 5.32 Å². The van der Waals surface area contributed by atoms with Gasteiger partial charge in [-0.1, -0.05) is 48.5 Å². The predicted molar refractivity (Wildman–Crippen MR) is 130 cm³/mol. The Kier molecular flexibility index (Phi) is 6.59. The predicted octanol–water partition coefficient (Wildman–Crippen LogP) is 3.26. The molecule has 4 rings (SSSR count). The topological polar surface area (TPSA) is 90.2 Å². The summed E-state index contributed by atoms with van der Waals surface area (Å²) in [4.78, 5) is 27.7. The first kappa shape index (κ1) is 21.3. The Bertz CT molecular complexity index is 1310. The molecule has 32 heavy (non-hydrogen) atoms. The first-order valence-corrected chi connectivity index (χ1v) is 10.8. The molecule has 0 amide bonds. The number of para-hydroxylation sites is 1. The van der Waals surface area contributed by atoms with E-state index in [0.717, 1.165) is 17.0 Å². The standard InChI is InChI=1S/C23H17N5O2S2/c29-20(16-7-3-1-4-8-16)17-11-13-28(14-12-17)21-19(32-23(30)26-21)15-24-27-22(31)25-18-9-5-2-6-10-18/h1-15H,(H2,25,29,31)/p+1. The van der Waals surface area contributed by atoms with Crippen LogP contribution in [0.2, 0.25) is 0 Å². The van der Waals surface area contributed by atoms with Gasteiger partial charge in [0.15, 0.2) is 10.9 Å². The zero-order valence-electron chi connectivity index (χ0n) is 16.7. The van der Waals surface area contributed by atoms with Crippen LogP contribution in [-0.2, 0) is 0 Å². The van der Waals surface area contributed by atoms with Crippen molar-refractivity contribution in [1.82, 2.24) is 10.4 Å². The second-order valence-corrected chi connectivity index (χ2v) is 8.03. The molecule has 0 radical (unpaired) electrons. The van der Waals surface area contributed by atoms with Crippen molar-refractivity contribution in [2.45, 2.75) is 0 Å². The molecular formula is C23H18N5O2S2+. The van der Waals surface area contributed by atoms with Crippen LogP contribution in [0, 0.1) is 0 Å². The maximum Gasteiger partial charge on any atom is 0.390 e. The molecule has 7 nitrogen and oxygen atoms in total. The van der Waals surface area contributed by atoms with Gasteiger partial charge < -0.3 is 5.32 Å². The molecule has 0 atom stereocenters. The fourth-order valence-electron chi connectivity index (χ4n) is 2.92. The highest BCUT2D eigenvalue weighted by Crippen LogP contribution is 2.10. The number of hydrazone groups is 1. The third-order valence-corrected chi connectivity index (χ3v) is 5.42. The van der Waals surface area contributed by atoms with Crippen LogP contribution in [0.1, 0.15) is 20.8 Å². The van der Waals surface area contributed by atoms with Crippen LogP contribution in [0.5, 0.6) is 0 Å². The average Bonchev–Trinajstić information content (AvgIpc) is 3.20. The Hall–Kier alpha value is -3.95. The van der Waals surface area contributed by atoms with E-state index in [2.05, 4.69) is 20.8 Å². The second-order valence-electron chi connectivity index (χ2n) is 6.61. The van der Waals surface area contributed by atoms with Crippen LogP contribution in [0.4, 0.5) is 5.69 Å². The zero-order chi connectivity index (χ0) is 22.3. The number of nitrogens with one attached hydrogen (secondary N) is 3. The van der Waals surface area contributed by atoms with E-state index in [-0.39, 0.29) is 10.7 Å². The molecule has 9 heteroatoms. The molecule has 2 aromatic carbocycles. The molecule has 0 aliphatic carbocycles. The van der Waals surface area contributed by atoms with Gasteiger partial charge >= 0.3 is 10.7 Å². The molecule has 0 aliphatic rings. The number of pyridine rings is 1. The fourth-order valence-corrected chi connectivity index (χ4v) is 3.80. The summed E-state index contributed by atoms with van der Waals surface area (Å²) in [6.45, 7) is 0. The summed E-state index contributed by atoms with van der Waals surface area (Å²) in [6.07, 6.45) is 4.97. The van der Waals surface area contributed by atoms with Gasteiger partial charge in [-0.3, -0.25) is 10.2 Å². The van der Waals surface area contributed by atoms with Crippen LogP contribution in [-0.4, -0.2) is 22.1 Å². The lowest BCUT2D eigenvalue weighted by atomic mass is 10.0. The van der Waals surface area contributed by atoms with Crippen molar-refractivity contribution in [1.29, 1.82) is 0 Å². The number of thiazole rings is 1. The minimum atomic E-state index is -0.219. The van der Waals surface area contributed by atoms with Gasteiger partial charge in [0, 0.05) is 16.8 Å². The van der Waals surface area contributed by atoms with Crippen LogP contribution in [0.3, 0.4) is 0 Å². The van der Waals surface area contributed by atoms with Crippen molar-refractivity contribution < 1.29 is 9.36 Å². The Labute approximate surface area is 193 Å². The number of carbonyl (C=O) groups is 1. The summed E-state index contributed by atoms with van der Waals surface area (Å²) in [5, 5.41) is 7.47. The number of hydrogen-bond donors (Lipinski definition) is 3. The second kappa shape index (κ2) is 9.90. The molecule has 3 N–H and O–H groups in total. The Morgan fingerprint density at radius 1 is 0.969 bits per heavy atom. The van der Waals surface area contributed by atoms with E-state index in [0.29, 0.717) is 26.9 Å². The van der Waals surface area contributed by atoms with E-state index in [1.165, 1.54) is 6.21 Å². The quantitative estimate of drug-likeness (QED) is 0.135. The third-order valence-electron chi connectivity index (χ3n) is 4.42. The first-order valence-electron chi connectivity index (χ1n) is 9.60. The number of carbonyl (C=O) groups excluding carboxylic acids is 1. The fraction of sp³-hybridized carbons (Fsp3) is 0. The van der Waals surface area contributed by atoms with Crippen LogP contribution in [0.15, 0.2) is 95.1 Å². The minimum Gasteiger partial charge on any atom is -0.331 e. The summed E-state index contributed by atoms with van der Waals surface area (Å²) < 4.78 is 1.72. The Balaban J connectivity index is 1.47. The summed E-state index contributed by atoms with van der Waals surface area (Å²) in [5.74, 6) is 0.480. The van der Waals surface area contributed by atoms with Gasteiger partial charge in [0.05, 0.1) is 18.6 Å². The van der Waals surface area contributed by atoms with Gasteiger partial charge in [0.25, 0.3) is 0 Å². The third kappa shape index (κ3) is 5.20.